The number of rotatable bonds is 3. The molecule has 2 fully saturated rings. The van der Waals surface area contributed by atoms with Crippen LogP contribution < -0.4 is 5.73 Å². The van der Waals surface area contributed by atoms with E-state index in [-0.39, 0.29) is 12.0 Å². The summed E-state index contributed by atoms with van der Waals surface area (Å²) in [7, 11) is 0. The Kier molecular flexibility index (Phi) is 3.29. The van der Waals surface area contributed by atoms with E-state index in [1.807, 2.05) is 18.2 Å². The van der Waals surface area contributed by atoms with Gasteiger partial charge in [0.25, 0.3) is 0 Å². The summed E-state index contributed by atoms with van der Waals surface area (Å²) in [6.45, 7) is 0.850. The molecular weight excluding hydrogens is 240 g/mol. The minimum absolute atomic E-state index is 0.134. The van der Waals surface area contributed by atoms with E-state index in [1.54, 1.807) is 6.07 Å². The van der Waals surface area contributed by atoms with Gasteiger partial charge in [0, 0.05) is 24.2 Å². The average molecular weight is 260 g/mol. The van der Waals surface area contributed by atoms with E-state index >= 15 is 0 Å². The summed E-state index contributed by atoms with van der Waals surface area (Å²) in [5.41, 5.74) is 7.02. The molecule has 1 aromatic carbocycles. The van der Waals surface area contributed by atoms with Gasteiger partial charge in [-0.15, -0.1) is 0 Å². The van der Waals surface area contributed by atoms with Crippen LogP contribution in [0, 0.1) is 0 Å². The fourth-order valence-electron chi connectivity index (χ4n) is 3.54. The molecule has 3 N–H and O–H groups in total. The monoisotopic (exact) mass is 260 g/mol. The van der Waals surface area contributed by atoms with Gasteiger partial charge in [-0.3, -0.25) is 9.69 Å². The highest BCUT2D eigenvalue weighted by atomic mass is 16.3. The SMILES string of the molecule is NC(=O)c1cccc(CN2C3CCC2CC(O)C3)c1. The molecule has 19 heavy (non-hydrogen) atoms. The molecule has 1 aromatic rings. The first-order valence-electron chi connectivity index (χ1n) is 6.96. The van der Waals surface area contributed by atoms with Gasteiger partial charge in [0.1, 0.15) is 0 Å². The number of hydrogen-bond acceptors (Lipinski definition) is 3. The van der Waals surface area contributed by atoms with Crippen LogP contribution in [0.5, 0.6) is 0 Å². The number of carbonyl (C=O) groups excluding carboxylic acids is 1. The van der Waals surface area contributed by atoms with Crippen LogP contribution in [-0.2, 0) is 6.54 Å². The lowest BCUT2D eigenvalue weighted by atomic mass is 9.99. The van der Waals surface area contributed by atoms with Crippen LogP contribution in [0.25, 0.3) is 0 Å². The number of carbonyl (C=O) groups is 1. The minimum Gasteiger partial charge on any atom is -0.393 e. The molecule has 2 aliphatic heterocycles. The molecular formula is C15H20N2O2. The van der Waals surface area contributed by atoms with Gasteiger partial charge < -0.3 is 10.8 Å². The Balaban J connectivity index is 1.75. The van der Waals surface area contributed by atoms with Crippen molar-refractivity contribution in [3.63, 3.8) is 0 Å². The number of aliphatic hydroxyl groups is 1. The van der Waals surface area contributed by atoms with Crippen molar-refractivity contribution in [1.82, 2.24) is 4.90 Å². The normalized spacial score (nSPS) is 30.5. The fraction of sp³-hybridized carbons (Fsp3) is 0.533. The lowest BCUT2D eigenvalue weighted by Gasteiger charge is -2.37. The first-order chi connectivity index (χ1) is 9.13. The molecule has 2 aliphatic rings. The third-order valence-corrected chi connectivity index (χ3v) is 4.44. The van der Waals surface area contributed by atoms with Crippen molar-refractivity contribution in [2.75, 3.05) is 0 Å². The summed E-state index contributed by atoms with van der Waals surface area (Å²) < 4.78 is 0. The number of fused-ring (bicyclic) bond motifs is 2. The Hall–Kier alpha value is -1.39. The molecule has 3 rings (SSSR count). The van der Waals surface area contributed by atoms with Gasteiger partial charge in [-0.2, -0.15) is 0 Å². The van der Waals surface area contributed by atoms with E-state index < -0.39 is 0 Å². The second-order valence-electron chi connectivity index (χ2n) is 5.75. The molecule has 102 valence electrons. The highest BCUT2D eigenvalue weighted by molar-refractivity contribution is 5.92. The molecule has 0 aliphatic carbocycles. The van der Waals surface area contributed by atoms with Crippen LogP contribution in [0.4, 0.5) is 0 Å². The molecule has 0 radical (unpaired) electrons. The molecule has 2 heterocycles. The van der Waals surface area contributed by atoms with Crippen LogP contribution in [0.2, 0.25) is 0 Å². The van der Waals surface area contributed by atoms with Crippen molar-refractivity contribution < 1.29 is 9.90 Å². The predicted molar refractivity (Wildman–Crippen MR) is 72.6 cm³/mol. The second-order valence-corrected chi connectivity index (χ2v) is 5.75. The third-order valence-electron chi connectivity index (χ3n) is 4.44. The Labute approximate surface area is 113 Å². The van der Waals surface area contributed by atoms with E-state index in [0.717, 1.165) is 24.9 Å². The average Bonchev–Trinajstić information content (AvgIpc) is 2.62. The molecule has 1 amide bonds. The van der Waals surface area contributed by atoms with Crippen molar-refractivity contribution in [1.29, 1.82) is 0 Å². The van der Waals surface area contributed by atoms with Gasteiger partial charge >= 0.3 is 0 Å². The summed E-state index contributed by atoms with van der Waals surface area (Å²) >= 11 is 0. The maximum absolute atomic E-state index is 11.2. The standard InChI is InChI=1S/C15H20N2O2/c16-15(19)11-3-1-2-10(6-11)9-17-12-4-5-13(17)8-14(18)7-12/h1-3,6,12-14,18H,4-5,7-9H2,(H2,16,19). The fourth-order valence-corrected chi connectivity index (χ4v) is 3.54. The van der Waals surface area contributed by atoms with Gasteiger partial charge in [0.05, 0.1) is 6.10 Å². The van der Waals surface area contributed by atoms with Gasteiger partial charge in [-0.05, 0) is 43.4 Å². The number of nitrogens with two attached hydrogens (primary N) is 1. The quantitative estimate of drug-likeness (QED) is 0.860. The predicted octanol–water partition coefficient (Wildman–Crippen LogP) is 1.27. The highest BCUT2D eigenvalue weighted by Gasteiger charge is 2.39. The van der Waals surface area contributed by atoms with Gasteiger partial charge in [0.2, 0.25) is 5.91 Å². The summed E-state index contributed by atoms with van der Waals surface area (Å²) in [4.78, 5) is 13.7. The summed E-state index contributed by atoms with van der Waals surface area (Å²) in [5, 5.41) is 9.80. The molecule has 4 heteroatoms. The third kappa shape index (κ3) is 2.51. The van der Waals surface area contributed by atoms with Crippen LogP contribution in [0.15, 0.2) is 24.3 Å². The molecule has 0 spiro atoms. The summed E-state index contributed by atoms with van der Waals surface area (Å²) in [6, 6.07) is 8.54. The smallest absolute Gasteiger partial charge is 0.248 e. The van der Waals surface area contributed by atoms with Crippen LogP contribution in [0.3, 0.4) is 0 Å². The summed E-state index contributed by atoms with van der Waals surface area (Å²) in [6.07, 6.45) is 3.98. The maximum Gasteiger partial charge on any atom is 0.248 e. The Morgan fingerprint density at radius 3 is 2.63 bits per heavy atom. The zero-order valence-corrected chi connectivity index (χ0v) is 11.0. The largest absolute Gasteiger partial charge is 0.393 e. The minimum atomic E-state index is -0.376. The number of piperidine rings is 1. The van der Waals surface area contributed by atoms with Crippen molar-refractivity contribution in [3.05, 3.63) is 35.4 Å². The number of nitrogens with zero attached hydrogens (tertiary/aromatic N) is 1. The van der Waals surface area contributed by atoms with Crippen LogP contribution in [-0.4, -0.2) is 34.1 Å². The lowest BCUT2D eigenvalue weighted by molar-refractivity contribution is 0.0310. The van der Waals surface area contributed by atoms with Crippen molar-refractivity contribution in [2.45, 2.75) is 50.4 Å². The Morgan fingerprint density at radius 1 is 1.32 bits per heavy atom. The van der Waals surface area contributed by atoms with E-state index in [9.17, 15) is 9.90 Å². The Bertz CT molecular complexity index is 475. The van der Waals surface area contributed by atoms with Crippen LogP contribution >= 0.6 is 0 Å². The first kappa shape index (κ1) is 12.6. The number of benzene rings is 1. The molecule has 2 unspecified atom stereocenters. The zero-order chi connectivity index (χ0) is 13.4. The highest BCUT2D eigenvalue weighted by Crippen LogP contribution is 2.36. The van der Waals surface area contributed by atoms with Gasteiger partial charge in [-0.1, -0.05) is 12.1 Å². The van der Waals surface area contributed by atoms with Gasteiger partial charge in [-0.25, -0.2) is 0 Å². The molecule has 2 saturated heterocycles. The molecule has 2 bridgehead atoms. The van der Waals surface area contributed by atoms with Crippen molar-refractivity contribution in [2.24, 2.45) is 5.73 Å². The summed E-state index contributed by atoms with van der Waals surface area (Å²) in [5.74, 6) is -0.376. The molecule has 2 atom stereocenters. The second kappa shape index (κ2) is 4.94. The molecule has 0 aromatic heterocycles. The molecule has 4 nitrogen and oxygen atoms in total. The Morgan fingerprint density at radius 2 is 2.00 bits per heavy atom. The number of amides is 1. The topological polar surface area (TPSA) is 66.6 Å². The van der Waals surface area contributed by atoms with E-state index in [4.69, 9.17) is 5.73 Å². The van der Waals surface area contributed by atoms with Gasteiger partial charge in [0.15, 0.2) is 0 Å². The lowest BCUT2D eigenvalue weighted by Crippen LogP contribution is -2.44. The van der Waals surface area contributed by atoms with Crippen molar-refractivity contribution >= 4 is 5.91 Å². The number of primary amides is 1. The zero-order valence-electron chi connectivity index (χ0n) is 11.0. The van der Waals surface area contributed by atoms with Crippen LogP contribution in [0.1, 0.15) is 41.6 Å². The van der Waals surface area contributed by atoms with E-state index in [1.165, 1.54) is 12.8 Å². The van der Waals surface area contributed by atoms with Crippen molar-refractivity contribution in [3.8, 4) is 0 Å². The number of hydrogen-bond donors (Lipinski definition) is 2. The first-order valence-corrected chi connectivity index (χ1v) is 6.96. The van der Waals surface area contributed by atoms with E-state index in [2.05, 4.69) is 4.90 Å². The number of aliphatic hydroxyl groups excluding tert-OH is 1. The maximum atomic E-state index is 11.2. The molecule has 0 saturated carbocycles. The van der Waals surface area contributed by atoms with E-state index in [0.29, 0.717) is 17.6 Å².